The van der Waals surface area contributed by atoms with Crippen molar-refractivity contribution < 1.29 is 0 Å². The van der Waals surface area contributed by atoms with Crippen molar-refractivity contribution in [2.75, 3.05) is 6.66 Å². The van der Waals surface area contributed by atoms with Gasteiger partial charge in [-0.2, -0.15) is 0 Å². The summed E-state index contributed by atoms with van der Waals surface area (Å²) < 4.78 is 0. The predicted molar refractivity (Wildman–Crippen MR) is 71.8 cm³/mol. The fourth-order valence-electron chi connectivity index (χ4n) is 2.93. The van der Waals surface area contributed by atoms with Crippen LogP contribution in [0.1, 0.15) is 51.4 Å². The van der Waals surface area contributed by atoms with Crippen LogP contribution in [0.25, 0.3) is 0 Å². The normalized spacial score (nSPS) is 27.3. The Kier molecular flexibility index (Phi) is 4.03. The SMILES string of the molecule is C[P]1(C2CCCCCCCC2)C=CC=C1. The fourth-order valence-corrected chi connectivity index (χ4v) is 5.94. The molecule has 0 aromatic carbocycles. The first-order chi connectivity index (χ1) is 7.31. The largest absolute Gasteiger partial charge is 0.0848 e. The van der Waals surface area contributed by atoms with Gasteiger partial charge in [-0.3, -0.25) is 0 Å². The quantitative estimate of drug-likeness (QED) is 0.537. The highest BCUT2D eigenvalue weighted by Gasteiger charge is 2.27. The maximum Gasteiger partial charge on any atom is -0.0181 e. The Balaban J connectivity index is 1.98. The molecule has 0 atom stereocenters. The Hall–Kier alpha value is -0.0900. The highest BCUT2D eigenvalue weighted by atomic mass is 31.2. The van der Waals surface area contributed by atoms with Crippen LogP contribution in [0.15, 0.2) is 23.8 Å². The molecule has 0 N–H and O–H groups in total. The first-order valence-electron chi connectivity index (χ1n) is 6.54. The predicted octanol–water partition coefficient (Wildman–Crippen LogP) is 5.18. The Labute approximate surface area is 95.2 Å². The zero-order valence-electron chi connectivity index (χ0n) is 9.99. The van der Waals surface area contributed by atoms with E-state index >= 15 is 0 Å². The smallest absolute Gasteiger partial charge is 0.0181 e. The molecule has 2 aliphatic rings. The van der Waals surface area contributed by atoms with Gasteiger partial charge in [0.15, 0.2) is 0 Å². The molecule has 0 bridgehead atoms. The van der Waals surface area contributed by atoms with E-state index in [1.807, 2.05) is 0 Å². The van der Waals surface area contributed by atoms with E-state index in [0.717, 1.165) is 5.66 Å². The maximum atomic E-state index is 2.52. The molecule has 1 saturated carbocycles. The van der Waals surface area contributed by atoms with Gasteiger partial charge in [0.2, 0.25) is 0 Å². The molecule has 0 nitrogen and oxygen atoms in total. The average molecular weight is 223 g/mol. The lowest BCUT2D eigenvalue weighted by molar-refractivity contribution is 0.624. The third-order valence-corrected chi connectivity index (χ3v) is 7.76. The van der Waals surface area contributed by atoms with Gasteiger partial charge < -0.3 is 0 Å². The van der Waals surface area contributed by atoms with Crippen LogP contribution in [0, 0.1) is 0 Å². The number of hydrogen-bond acceptors (Lipinski definition) is 0. The van der Waals surface area contributed by atoms with E-state index in [2.05, 4.69) is 30.5 Å². The summed E-state index contributed by atoms with van der Waals surface area (Å²) in [6.45, 7) is 2.52. The van der Waals surface area contributed by atoms with Gasteiger partial charge in [0.1, 0.15) is 0 Å². The zero-order valence-corrected chi connectivity index (χ0v) is 10.9. The second kappa shape index (κ2) is 5.30. The first-order valence-corrected chi connectivity index (χ1v) is 8.98. The van der Waals surface area contributed by atoms with Crippen LogP contribution in [-0.4, -0.2) is 12.3 Å². The van der Waals surface area contributed by atoms with Gasteiger partial charge in [-0.05, 0) is 25.2 Å². The van der Waals surface area contributed by atoms with Gasteiger partial charge in [0, 0.05) is 0 Å². The molecule has 0 unspecified atom stereocenters. The van der Waals surface area contributed by atoms with Crippen molar-refractivity contribution in [2.45, 2.75) is 57.0 Å². The standard InChI is InChI=1S/C14H24P/c1-15(12-8-9-13-15)14-10-6-4-2-3-5-7-11-14/h8-9,12-14H,2-7,10-11H2,1H3. The molecule has 1 fully saturated rings. The topological polar surface area (TPSA) is 0 Å². The summed E-state index contributed by atoms with van der Waals surface area (Å²) in [7, 11) is -0.823. The Morgan fingerprint density at radius 2 is 1.27 bits per heavy atom. The molecule has 1 aliphatic heterocycles. The van der Waals surface area contributed by atoms with Crippen LogP contribution in [0.4, 0.5) is 0 Å². The zero-order chi connectivity index (χ0) is 10.6. The molecule has 0 aromatic rings. The Morgan fingerprint density at radius 1 is 0.800 bits per heavy atom. The molecular weight excluding hydrogens is 199 g/mol. The molecule has 1 radical (unpaired) electrons. The molecule has 0 amide bonds. The van der Waals surface area contributed by atoms with Crippen LogP contribution >= 0.6 is 7.26 Å². The second-order valence-electron chi connectivity index (χ2n) is 5.26. The van der Waals surface area contributed by atoms with Crippen molar-refractivity contribution in [3.05, 3.63) is 23.8 Å². The van der Waals surface area contributed by atoms with Gasteiger partial charge >= 0.3 is 0 Å². The Morgan fingerprint density at radius 3 is 1.80 bits per heavy atom. The molecule has 0 spiro atoms. The van der Waals surface area contributed by atoms with Gasteiger partial charge in [0.25, 0.3) is 0 Å². The van der Waals surface area contributed by atoms with Gasteiger partial charge in [-0.1, -0.05) is 69.6 Å². The molecule has 15 heavy (non-hydrogen) atoms. The van der Waals surface area contributed by atoms with E-state index in [4.69, 9.17) is 0 Å². The third-order valence-electron chi connectivity index (χ3n) is 4.04. The van der Waals surface area contributed by atoms with E-state index in [0.29, 0.717) is 0 Å². The summed E-state index contributed by atoms with van der Waals surface area (Å²) in [5, 5.41) is 0. The first kappa shape index (κ1) is 11.4. The summed E-state index contributed by atoms with van der Waals surface area (Å²) in [5.41, 5.74) is 1.01. The van der Waals surface area contributed by atoms with Crippen LogP contribution in [0.5, 0.6) is 0 Å². The lowest BCUT2D eigenvalue weighted by Crippen LogP contribution is -2.09. The second-order valence-corrected chi connectivity index (χ2v) is 9.03. The van der Waals surface area contributed by atoms with Crippen molar-refractivity contribution in [2.24, 2.45) is 0 Å². The van der Waals surface area contributed by atoms with Crippen molar-refractivity contribution in [1.29, 1.82) is 0 Å². The summed E-state index contributed by atoms with van der Waals surface area (Å²) in [6.07, 6.45) is 16.4. The maximum absolute atomic E-state index is 2.52. The Bertz CT molecular complexity index is 230. The number of allylic oxidation sites excluding steroid dienone is 2. The minimum Gasteiger partial charge on any atom is -0.0848 e. The fraction of sp³-hybridized carbons (Fsp3) is 0.714. The summed E-state index contributed by atoms with van der Waals surface area (Å²) >= 11 is 0. The molecular formula is C14H24P. The summed E-state index contributed by atoms with van der Waals surface area (Å²) in [4.78, 5) is 0. The summed E-state index contributed by atoms with van der Waals surface area (Å²) in [6, 6.07) is 0. The minimum atomic E-state index is -0.823. The van der Waals surface area contributed by atoms with Crippen molar-refractivity contribution in [3.8, 4) is 0 Å². The molecule has 2 rings (SSSR count). The van der Waals surface area contributed by atoms with Crippen LogP contribution in [0.3, 0.4) is 0 Å². The lowest BCUT2D eigenvalue weighted by Gasteiger charge is -2.33. The molecule has 1 heterocycles. The summed E-state index contributed by atoms with van der Waals surface area (Å²) in [5.74, 6) is 5.05. The highest BCUT2D eigenvalue weighted by molar-refractivity contribution is 7.81. The third kappa shape index (κ3) is 2.94. The number of rotatable bonds is 1. The van der Waals surface area contributed by atoms with Crippen molar-refractivity contribution >= 4 is 7.26 Å². The minimum absolute atomic E-state index is 0.823. The average Bonchev–Trinajstić information content (AvgIpc) is 2.70. The van der Waals surface area contributed by atoms with Crippen molar-refractivity contribution in [3.63, 3.8) is 0 Å². The van der Waals surface area contributed by atoms with Crippen LogP contribution in [0.2, 0.25) is 0 Å². The van der Waals surface area contributed by atoms with E-state index in [-0.39, 0.29) is 0 Å². The molecule has 85 valence electrons. The monoisotopic (exact) mass is 223 g/mol. The van der Waals surface area contributed by atoms with E-state index < -0.39 is 7.26 Å². The molecule has 0 aromatic heterocycles. The van der Waals surface area contributed by atoms with Crippen molar-refractivity contribution in [1.82, 2.24) is 0 Å². The van der Waals surface area contributed by atoms with Crippen LogP contribution < -0.4 is 0 Å². The van der Waals surface area contributed by atoms with Gasteiger partial charge in [-0.25, -0.2) is 0 Å². The number of hydrogen-bond donors (Lipinski definition) is 0. The van der Waals surface area contributed by atoms with Gasteiger partial charge in [0.05, 0.1) is 0 Å². The molecule has 0 saturated heterocycles. The van der Waals surface area contributed by atoms with E-state index in [1.165, 1.54) is 51.4 Å². The van der Waals surface area contributed by atoms with E-state index in [9.17, 15) is 0 Å². The highest BCUT2D eigenvalue weighted by Crippen LogP contribution is 2.67. The molecule has 1 heteroatoms. The van der Waals surface area contributed by atoms with Gasteiger partial charge in [-0.15, -0.1) is 0 Å². The molecule has 1 aliphatic carbocycles. The lowest BCUT2D eigenvalue weighted by atomic mass is 10.1. The van der Waals surface area contributed by atoms with Crippen LogP contribution in [-0.2, 0) is 0 Å². The van der Waals surface area contributed by atoms with E-state index in [1.54, 1.807) is 0 Å².